The van der Waals surface area contributed by atoms with Crippen molar-refractivity contribution in [1.82, 2.24) is 9.88 Å². The van der Waals surface area contributed by atoms with E-state index in [1.807, 2.05) is 29.3 Å². The Morgan fingerprint density at radius 1 is 1.35 bits per heavy atom. The van der Waals surface area contributed by atoms with E-state index in [2.05, 4.69) is 32.7 Å². The van der Waals surface area contributed by atoms with Gasteiger partial charge in [-0.25, -0.2) is 4.98 Å². The average Bonchev–Trinajstić information content (AvgIpc) is 2.50. The number of aromatic nitrogens is 1. The summed E-state index contributed by atoms with van der Waals surface area (Å²) in [7, 11) is 1.61. The van der Waals surface area contributed by atoms with Gasteiger partial charge in [0, 0.05) is 24.4 Å². The number of thioether (sulfide) groups is 2. The second-order valence-electron chi connectivity index (χ2n) is 6.79. The van der Waals surface area contributed by atoms with Crippen LogP contribution >= 0.6 is 23.5 Å². The molecule has 23 heavy (non-hydrogen) atoms. The Kier molecular flexibility index (Phi) is 4.51. The molecule has 3 atom stereocenters. The number of carbonyl (C=O) groups is 1. The van der Waals surface area contributed by atoms with E-state index >= 15 is 0 Å². The summed E-state index contributed by atoms with van der Waals surface area (Å²) in [6.07, 6.45) is 1.48. The molecule has 4 nitrogen and oxygen atoms in total. The second kappa shape index (κ2) is 6.15. The van der Waals surface area contributed by atoms with Gasteiger partial charge >= 0.3 is 0 Å². The molecule has 124 valence electrons. The smallest absolute Gasteiger partial charge is 0.260 e. The fourth-order valence-electron chi connectivity index (χ4n) is 3.15. The number of hydrogen-bond acceptors (Lipinski definition) is 5. The van der Waals surface area contributed by atoms with E-state index in [-0.39, 0.29) is 27.4 Å². The van der Waals surface area contributed by atoms with Gasteiger partial charge in [0.2, 0.25) is 0 Å². The van der Waals surface area contributed by atoms with Gasteiger partial charge in [-0.05, 0) is 24.6 Å². The van der Waals surface area contributed by atoms with Crippen molar-refractivity contribution in [3.8, 4) is 0 Å². The molecule has 0 saturated carbocycles. The molecule has 0 aliphatic carbocycles. The number of ether oxygens (including phenoxy) is 1. The second-order valence-corrected chi connectivity index (χ2v) is 9.44. The van der Waals surface area contributed by atoms with Crippen molar-refractivity contribution in [2.45, 2.75) is 48.8 Å². The molecule has 2 aliphatic rings. The van der Waals surface area contributed by atoms with Gasteiger partial charge in [0.1, 0.15) is 5.37 Å². The van der Waals surface area contributed by atoms with Crippen molar-refractivity contribution in [3.63, 3.8) is 0 Å². The molecule has 0 radical (unpaired) electrons. The Morgan fingerprint density at radius 3 is 2.65 bits per heavy atom. The summed E-state index contributed by atoms with van der Waals surface area (Å²) in [6.45, 7) is 8.62. The number of hydrogen-bond donors (Lipinski definition) is 0. The molecule has 0 aromatic carbocycles. The average molecular weight is 351 g/mol. The lowest BCUT2D eigenvalue weighted by Crippen LogP contribution is -2.66. The quantitative estimate of drug-likeness (QED) is 0.777. The summed E-state index contributed by atoms with van der Waals surface area (Å²) in [5, 5.41) is 1.07. The van der Waals surface area contributed by atoms with Crippen LogP contribution in [0.25, 0.3) is 0 Å². The van der Waals surface area contributed by atoms with Crippen LogP contribution in [0.2, 0.25) is 0 Å². The zero-order valence-corrected chi connectivity index (χ0v) is 15.7. The van der Waals surface area contributed by atoms with E-state index in [9.17, 15) is 4.79 Å². The minimum absolute atomic E-state index is 0.0617. The molecular weight excluding hydrogens is 328 g/mol. The summed E-state index contributed by atoms with van der Waals surface area (Å²) in [4.78, 5) is 18.8. The molecule has 1 unspecified atom stereocenters. The maximum Gasteiger partial charge on any atom is 0.260 e. The van der Waals surface area contributed by atoms with Crippen LogP contribution in [0.5, 0.6) is 0 Å². The molecule has 3 rings (SSSR count). The third kappa shape index (κ3) is 2.92. The van der Waals surface area contributed by atoms with Crippen LogP contribution in [0.1, 0.15) is 27.7 Å². The topological polar surface area (TPSA) is 42.4 Å². The van der Waals surface area contributed by atoms with Crippen LogP contribution in [0.3, 0.4) is 0 Å². The molecule has 0 N–H and O–H groups in total. The summed E-state index contributed by atoms with van der Waals surface area (Å²) in [5.74, 6) is 0.0792. The number of rotatable bonds is 3. The van der Waals surface area contributed by atoms with E-state index in [0.29, 0.717) is 0 Å². The fraction of sp³-hybridized carbons (Fsp3) is 0.529. The van der Waals surface area contributed by atoms with E-state index in [4.69, 9.17) is 4.74 Å². The number of nitrogens with zero attached hydrogens (tertiary/aromatic N) is 2. The van der Waals surface area contributed by atoms with Crippen molar-refractivity contribution in [2.75, 3.05) is 7.11 Å². The number of amides is 1. The first-order chi connectivity index (χ1) is 10.8. The summed E-state index contributed by atoms with van der Waals surface area (Å²) >= 11 is 3.53. The maximum atomic E-state index is 12.4. The minimum atomic E-state index is -0.336. The van der Waals surface area contributed by atoms with Gasteiger partial charge in [0.05, 0.1) is 9.61 Å². The zero-order chi connectivity index (χ0) is 16.8. The van der Waals surface area contributed by atoms with Gasteiger partial charge in [-0.15, -0.1) is 11.8 Å². The van der Waals surface area contributed by atoms with Crippen molar-refractivity contribution >= 4 is 29.4 Å². The Hall–Kier alpha value is -0.980. The Bertz CT molecular complexity index is 640. The molecule has 0 spiro atoms. The van der Waals surface area contributed by atoms with Crippen LogP contribution in [-0.4, -0.2) is 39.0 Å². The lowest BCUT2D eigenvalue weighted by atomic mass is 9.85. The Balaban J connectivity index is 1.96. The molecule has 1 fully saturated rings. The predicted molar refractivity (Wildman–Crippen MR) is 95.1 cm³/mol. The number of methoxy groups -OCH3 is 1. The highest BCUT2D eigenvalue weighted by Crippen LogP contribution is 2.53. The highest BCUT2D eigenvalue weighted by molar-refractivity contribution is 8.17. The number of pyridine rings is 1. The first-order valence-electron chi connectivity index (χ1n) is 7.65. The highest BCUT2D eigenvalue weighted by atomic mass is 32.2. The van der Waals surface area contributed by atoms with Gasteiger partial charge < -0.3 is 4.74 Å². The van der Waals surface area contributed by atoms with Gasteiger partial charge in [-0.3, -0.25) is 9.69 Å². The lowest BCUT2D eigenvalue weighted by molar-refractivity contribution is -0.159. The van der Waals surface area contributed by atoms with Gasteiger partial charge in [0.15, 0.2) is 6.10 Å². The SMILES string of the molecule is CO[C@H]1C(=O)N2C(C(C)(C)C)=C(C)C(Sc3ccccn3)S[C@@H]12. The molecule has 3 heterocycles. The predicted octanol–water partition coefficient (Wildman–Crippen LogP) is 3.75. The molecule has 6 heteroatoms. The van der Waals surface area contributed by atoms with E-state index in [1.54, 1.807) is 30.6 Å². The lowest BCUT2D eigenvalue weighted by Gasteiger charge is -2.54. The molecule has 1 saturated heterocycles. The van der Waals surface area contributed by atoms with Crippen molar-refractivity contribution < 1.29 is 9.53 Å². The van der Waals surface area contributed by atoms with Crippen LogP contribution < -0.4 is 0 Å². The van der Waals surface area contributed by atoms with Gasteiger partial charge in [-0.1, -0.05) is 38.6 Å². The molecule has 1 aromatic rings. The highest BCUT2D eigenvalue weighted by Gasteiger charge is 2.55. The fourth-order valence-corrected chi connectivity index (χ4v) is 6.07. The zero-order valence-electron chi connectivity index (χ0n) is 14.1. The van der Waals surface area contributed by atoms with E-state index < -0.39 is 0 Å². The van der Waals surface area contributed by atoms with Crippen molar-refractivity contribution in [3.05, 3.63) is 35.7 Å². The van der Waals surface area contributed by atoms with E-state index in [1.165, 1.54) is 5.57 Å². The number of fused-ring (bicyclic) bond motifs is 1. The minimum Gasteiger partial charge on any atom is -0.368 e. The summed E-state index contributed by atoms with van der Waals surface area (Å²) in [6, 6.07) is 5.96. The molecular formula is C17H22N2O2S2. The third-order valence-electron chi connectivity index (χ3n) is 4.06. The van der Waals surface area contributed by atoms with Gasteiger partial charge in [-0.2, -0.15) is 0 Å². The Labute approximate surface area is 146 Å². The number of β-lactam (4-membered cyclic amide) rings is 1. The third-order valence-corrected chi connectivity index (χ3v) is 7.07. The standard InChI is InChI=1S/C17H22N2O2S2/c1-10-13(17(2,3)4)19-14(20)12(21-5)15(19)23-16(10)22-11-8-6-7-9-18-11/h6-9,12,15-16H,1-5H3/t12-,15-,16?/m0/s1. The molecule has 1 amide bonds. The van der Waals surface area contributed by atoms with Crippen LogP contribution in [0.15, 0.2) is 40.7 Å². The van der Waals surface area contributed by atoms with Crippen LogP contribution in [0, 0.1) is 5.41 Å². The number of carbonyl (C=O) groups excluding carboxylic acids is 1. The monoisotopic (exact) mass is 350 g/mol. The van der Waals surface area contributed by atoms with Crippen LogP contribution in [-0.2, 0) is 9.53 Å². The summed E-state index contributed by atoms with van der Waals surface area (Å²) < 4.78 is 5.64. The Morgan fingerprint density at radius 2 is 2.09 bits per heavy atom. The molecule has 2 aliphatic heterocycles. The van der Waals surface area contributed by atoms with Gasteiger partial charge in [0.25, 0.3) is 5.91 Å². The largest absolute Gasteiger partial charge is 0.368 e. The van der Waals surface area contributed by atoms with Crippen molar-refractivity contribution in [2.24, 2.45) is 5.41 Å². The maximum absolute atomic E-state index is 12.4. The first kappa shape index (κ1) is 16.9. The first-order valence-corrected chi connectivity index (χ1v) is 9.47. The summed E-state index contributed by atoms with van der Waals surface area (Å²) in [5.41, 5.74) is 2.30. The van der Waals surface area contributed by atoms with E-state index in [0.717, 1.165) is 10.7 Å². The van der Waals surface area contributed by atoms with Crippen molar-refractivity contribution in [1.29, 1.82) is 0 Å². The van der Waals surface area contributed by atoms with Crippen LogP contribution in [0.4, 0.5) is 0 Å². The number of allylic oxidation sites excluding steroid dienone is 1. The normalized spacial score (nSPS) is 27.8. The molecule has 1 aromatic heterocycles. The molecule has 0 bridgehead atoms.